The zero-order chi connectivity index (χ0) is 27.4. The molecule has 1 N–H and O–H groups in total. The summed E-state index contributed by atoms with van der Waals surface area (Å²) in [4.78, 5) is 12.1. The van der Waals surface area contributed by atoms with Crippen LogP contribution in [0.4, 0.5) is 0 Å². The van der Waals surface area contributed by atoms with Crippen molar-refractivity contribution in [1.29, 1.82) is 0 Å². The largest absolute Gasteiger partial charge is 0.457 e. The van der Waals surface area contributed by atoms with E-state index in [1.54, 1.807) is 0 Å². The molecule has 0 radical (unpaired) electrons. The van der Waals surface area contributed by atoms with E-state index >= 15 is 0 Å². The lowest BCUT2D eigenvalue weighted by molar-refractivity contribution is -0.339. The predicted molar refractivity (Wildman–Crippen MR) is 152 cm³/mol. The molecule has 208 valence electrons. The standard InChI is InChI=1S/C33H46O5/c1-21(2)31-25(6)14-15-33(38-31)19-27(34)18-28(37-33)12-10-23(4)16-22(3)8-7-9-26-20-36-32(35)30-17-24(5)11-13-29(26)30/h7-11,13,17,21-22,25,27-28,31,34H,12,14-16,18-20H2,1-6H3. The number of fused-ring (bicyclic) bond motifs is 1. The summed E-state index contributed by atoms with van der Waals surface area (Å²) < 4.78 is 18.5. The molecular weight excluding hydrogens is 476 g/mol. The van der Waals surface area contributed by atoms with Gasteiger partial charge in [0.2, 0.25) is 0 Å². The number of allylic oxidation sites excluding steroid dienone is 4. The van der Waals surface area contributed by atoms with Gasteiger partial charge in [0.25, 0.3) is 0 Å². The molecule has 2 fully saturated rings. The Morgan fingerprint density at radius 3 is 2.76 bits per heavy atom. The maximum atomic E-state index is 12.1. The molecule has 6 atom stereocenters. The minimum atomic E-state index is -0.639. The zero-order valence-electron chi connectivity index (χ0n) is 24.0. The number of esters is 1. The number of rotatable bonds is 7. The fourth-order valence-corrected chi connectivity index (χ4v) is 6.25. The molecule has 2 saturated heterocycles. The van der Waals surface area contributed by atoms with E-state index < -0.39 is 5.79 Å². The van der Waals surface area contributed by atoms with Crippen LogP contribution in [0.15, 0.2) is 48.1 Å². The van der Waals surface area contributed by atoms with Gasteiger partial charge in [0.1, 0.15) is 6.61 Å². The third-order valence-electron chi connectivity index (χ3n) is 8.22. The number of carbonyl (C=O) groups is 1. The molecule has 5 nitrogen and oxygen atoms in total. The minimum absolute atomic E-state index is 0.0248. The number of aliphatic hydroxyl groups excluding tert-OH is 1. The lowest BCUT2D eigenvalue weighted by Gasteiger charge is -2.50. The summed E-state index contributed by atoms with van der Waals surface area (Å²) in [6.07, 6.45) is 13.3. The molecule has 0 aromatic heterocycles. The van der Waals surface area contributed by atoms with Crippen LogP contribution >= 0.6 is 0 Å². The molecule has 0 aliphatic carbocycles. The van der Waals surface area contributed by atoms with E-state index in [1.165, 1.54) is 5.57 Å². The van der Waals surface area contributed by atoms with Gasteiger partial charge in [-0.05, 0) is 68.1 Å². The van der Waals surface area contributed by atoms with E-state index in [2.05, 4.69) is 58.9 Å². The van der Waals surface area contributed by atoms with Gasteiger partial charge in [-0.3, -0.25) is 0 Å². The third-order valence-corrected chi connectivity index (χ3v) is 8.22. The van der Waals surface area contributed by atoms with Crippen molar-refractivity contribution in [3.8, 4) is 0 Å². The first-order valence-electron chi connectivity index (χ1n) is 14.4. The first-order chi connectivity index (χ1) is 18.0. The highest BCUT2D eigenvalue weighted by Gasteiger charge is 2.47. The van der Waals surface area contributed by atoms with Crippen LogP contribution in [0.3, 0.4) is 0 Å². The molecule has 0 amide bonds. The first kappa shape index (κ1) is 28.8. The molecule has 5 heteroatoms. The second-order valence-electron chi connectivity index (χ2n) is 12.3. The molecule has 3 heterocycles. The van der Waals surface area contributed by atoms with Gasteiger partial charge < -0.3 is 19.3 Å². The Balaban J connectivity index is 1.32. The van der Waals surface area contributed by atoms with Crippen molar-refractivity contribution < 1.29 is 24.1 Å². The topological polar surface area (TPSA) is 65.0 Å². The zero-order valence-corrected chi connectivity index (χ0v) is 24.0. The van der Waals surface area contributed by atoms with Gasteiger partial charge in [0.05, 0.1) is 23.9 Å². The van der Waals surface area contributed by atoms with Crippen molar-refractivity contribution in [2.75, 3.05) is 6.61 Å². The Bertz CT molecular complexity index is 1080. The third kappa shape index (κ3) is 7.05. The molecule has 38 heavy (non-hydrogen) atoms. The summed E-state index contributed by atoms with van der Waals surface area (Å²) in [5.74, 6) is 0.429. The lowest BCUT2D eigenvalue weighted by atomic mass is 9.83. The maximum Gasteiger partial charge on any atom is 0.339 e. The number of benzene rings is 1. The average molecular weight is 523 g/mol. The predicted octanol–water partition coefficient (Wildman–Crippen LogP) is 7.17. The number of hydrogen-bond donors (Lipinski definition) is 1. The monoisotopic (exact) mass is 522 g/mol. The van der Waals surface area contributed by atoms with Gasteiger partial charge in [0.15, 0.2) is 5.79 Å². The summed E-state index contributed by atoms with van der Waals surface area (Å²) in [6, 6.07) is 5.94. The number of carbonyl (C=O) groups excluding carboxylic acids is 1. The smallest absolute Gasteiger partial charge is 0.339 e. The minimum Gasteiger partial charge on any atom is -0.457 e. The molecule has 1 spiro atoms. The van der Waals surface area contributed by atoms with E-state index in [-0.39, 0.29) is 24.3 Å². The van der Waals surface area contributed by atoms with Gasteiger partial charge in [0, 0.05) is 19.3 Å². The van der Waals surface area contributed by atoms with Crippen LogP contribution in [0.5, 0.6) is 0 Å². The second kappa shape index (κ2) is 12.3. The summed E-state index contributed by atoms with van der Waals surface area (Å²) in [5.41, 5.74) is 5.00. The van der Waals surface area contributed by atoms with Crippen LogP contribution in [0.1, 0.15) is 94.6 Å². The fourth-order valence-electron chi connectivity index (χ4n) is 6.25. The molecular formula is C33H46O5. The quantitative estimate of drug-likeness (QED) is 0.304. The van der Waals surface area contributed by atoms with Crippen molar-refractivity contribution in [2.45, 2.75) is 104 Å². The summed E-state index contributed by atoms with van der Waals surface area (Å²) in [7, 11) is 0. The normalized spacial score (nSPS) is 32.2. The van der Waals surface area contributed by atoms with E-state index in [0.29, 0.717) is 42.8 Å². The highest BCUT2D eigenvalue weighted by atomic mass is 16.7. The fraction of sp³-hybridized carbons (Fsp3) is 0.606. The Hall–Kier alpha value is -2.21. The van der Waals surface area contributed by atoms with Crippen LogP contribution < -0.4 is 0 Å². The number of aliphatic hydroxyl groups is 1. The van der Waals surface area contributed by atoms with Gasteiger partial charge in [-0.15, -0.1) is 0 Å². The van der Waals surface area contributed by atoms with E-state index in [0.717, 1.165) is 42.4 Å². The van der Waals surface area contributed by atoms with Gasteiger partial charge >= 0.3 is 5.97 Å². The van der Waals surface area contributed by atoms with Crippen molar-refractivity contribution >= 4 is 11.5 Å². The summed E-state index contributed by atoms with van der Waals surface area (Å²) >= 11 is 0. The Labute approximate surface area is 228 Å². The number of hydrogen-bond acceptors (Lipinski definition) is 5. The van der Waals surface area contributed by atoms with E-state index in [9.17, 15) is 9.90 Å². The van der Waals surface area contributed by atoms with Crippen molar-refractivity contribution in [3.05, 3.63) is 64.8 Å². The summed E-state index contributed by atoms with van der Waals surface area (Å²) in [5, 5.41) is 10.7. The highest BCUT2D eigenvalue weighted by Crippen LogP contribution is 2.43. The molecule has 0 saturated carbocycles. The van der Waals surface area contributed by atoms with Crippen LogP contribution in [-0.4, -0.2) is 41.8 Å². The molecule has 4 rings (SSSR count). The Morgan fingerprint density at radius 2 is 2.00 bits per heavy atom. The highest BCUT2D eigenvalue weighted by molar-refractivity contribution is 5.99. The van der Waals surface area contributed by atoms with Crippen molar-refractivity contribution in [1.82, 2.24) is 0 Å². The SMILES string of the molecule is CC(=CCC1CC(O)CC2(CCC(C)C(C(C)C)O2)O1)CC(C)C=CC=C1COC(=O)c2cc(C)ccc21. The van der Waals surface area contributed by atoms with E-state index in [4.69, 9.17) is 14.2 Å². The van der Waals surface area contributed by atoms with Crippen LogP contribution in [0, 0.1) is 24.7 Å². The van der Waals surface area contributed by atoms with Gasteiger partial charge in [-0.2, -0.15) is 0 Å². The second-order valence-corrected chi connectivity index (χ2v) is 12.3. The number of ether oxygens (including phenoxy) is 3. The lowest BCUT2D eigenvalue weighted by Crippen LogP contribution is -2.54. The molecule has 0 bridgehead atoms. The molecule has 1 aromatic rings. The molecule has 3 aliphatic heterocycles. The maximum absolute atomic E-state index is 12.1. The summed E-state index contributed by atoms with van der Waals surface area (Å²) in [6.45, 7) is 13.3. The number of cyclic esters (lactones) is 1. The average Bonchev–Trinajstić information content (AvgIpc) is 2.85. The van der Waals surface area contributed by atoms with Crippen molar-refractivity contribution in [2.24, 2.45) is 17.8 Å². The molecule has 3 aliphatic rings. The van der Waals surface area contributed by atoms with E-state index in [1.807, 2.05) is 25.1 Å². The van der Waals surface area contributed by atoms with Gasteiger partial charge in [-0.1, -0.05) is 75.3 Å². The molecule has 1 aromatic carbocycles. The number of aryl methyl sites for hydroxylation is 1. The molecule has 6 unspecified atom stereocenters. The van der Waals surface area contributed by atoms with Crippen LogP contribution in [0.25, 0.3) is 5.57 Å². The Kier molecular flexibility index (Phi) is 9.33. The van der Waals surface area contributed by atoms with Crippen molar-refractivity contribution in [3.63, 3.8) is 0 Å². The van der Waals surface area contributed by atoms with Crippen LogP contribution in [0.2, 0.25) is 0 Å². The Morgan fingerprint density at radius 1 is 1.21 bits per heavy atom. The van der Waals surface area contributed by atoms with Gasteiger partial charge in [-0.25, -0.2) is 4.79 Å². The first-order valence-corrected chi connectivity index (χ1v) is 14.4. The van der Waals surface area contributed by atoms with Crippen LogP contribution in [-0.2, 0) is 14.2 Å².